The third-order valence-corrected chi connectivity index (χ3v) is 3.01. The predicted molar refractivity (Wildman–Crippen MR) is 60.9 cm³/mol. The van der Waals surface area contributed by atoms with Crippen LogP contribution in [0, 0.1) is 0 Å². The first-order valence-electron chi connectivity index (χ1n) is 4.64. The molecule has 0 bridgehead atoms. The van der Waals surface area contributed by atoms with Gasteiger partial charge in [0.25, 0.3) is 0 Å². The van der Waals surface area contributed by atoms with E-state index in [2.05, 4.69) is 15.9 Å². The second kappa shape index (κ2) is 3.77. The lowest BCUT2D eigenvalue weighted by Crippen LogP contribution is -2.26. The summed E-state index contributed by atoms with van der Waals surface area (Å²) in [6, 6.07) is 5.62. The summed E-state index contributed by atoms with van der Waals surface area (Å²) in [5, 5.41) is 0. The third kappa shape index (κ3) is 1.95. The van der Waals surface area contributed by atoms with Gasteiger partial charge < -0.3 is 4.90 Å². The molecule has 1 heterocycles. The number of hydrogen-bond acceptors (Lipinski definition) is 2. The minimum Gasteiger partial charge on any atom is -0.315 e. The van der Waals surface area contributed by atoms with E-state index in [-0.39, 0.29) is 18.1 Å². The summed E-state index contributed by atoms with van der Waals surface area (Å²) < 4.78 is 0.928. The molecule has 0 N–H and O–H groups in total. The molecule has 0 radical (unpaired) electrons. The Balaban J connectivity index is 2.54. The summed E-state index contributed by atoms with van der Waals surface area (Å²) >= 11 is 3.36. The molecular formula is C11H10BrNO2. The highest BCUT2D eigenvalue weighted by molar-refractivity contribution is 9.10. The molecule has 0 aliphatic carbocycles. The van der Waals surface area contributed by atoms with Crippen LogP contribution in [0.1, 0.15) is 12.0 Å². The van der Waals surface area contributed by atoms with Crippen molar-refractivity contribution < 1.29 is 9.59 Å². The van der Waals surface area contributed by atoms with Crippen LogP contribution in [-0.4, -0.2) is 18.7 Å². The molecule has 3 nitrogen and oxygen atoms in total. The second-order valence-corrected chi connectivity index (χ2v) is 4.53. The van der Waals surface area contributed by atoms with Gasteiger partial charge in [0.1, 0.15) is 5.78 Å². The molecule has 78 valence electrons. The van der Waals surface area contributed by atoms with Gasteiger partial charge in [-0.3, -0.25) is 9.59 Å². The fourth-order valence-electron chi connectivity index (χ4n) is 1.72. The Kier molecular flexibility index (Phi) is 2.61. The Hall–Kier alpha value is -1.16. The zero-order valence-corrected chi connectivity index (χ0v) is 9.87. The maximum Gasteiger partial charge on any atom is 0.234 e. The number of rotatable bonds is 0. The van der Waals surface area contributed by atoms with Crippen LogP contribution in [0.2, 0.25) is 0 Å². The summed E-state index contributed by atoms with van der Waals surface area (Å²) in [7, 11) is 1.70. The largest absolute Gasteiger partial charge is 0.315 e. The molecule has 15 heavy (non-hydrogen) atoms. The molecule has 1 aromatic rings. The van der Waals surface area contributed by atoms with Gasteiger partial charge in [0.2, 0.25) is 5.91 Å². The highest BCUT2D eigenvalue weighted by atomic mass is 79.9. The quantitative estimate of drug-likeness (QED) is 0.674. The van der Waals surface area contributed by atoms with E-state index < -0.39 is 0 Å². The van der Waals surface area contributed by atoms with Gasteiger partial charge in [-0.25, -0.2) is 0 Å². The van der Waals surface area contributed by atoms with Gasteiger partial charge >= 0.3 is 0 Å². The predicted octanol–water partition coefficient (Wildman–Crippen LogP) is 1.93. The van der Waals surface area contributed by atoms with Gasteiger partial charge in [-0.15, -0.1) is 0 Å². The van der Waals surface area contributed by atoms with E-state index >= 15 is 0 Å². The summed E-state index contributed by atoms with van der Waals surface area (Å²) in [5.74, 6) is -0.162. The number of carbonyl (C=O) groups excluding carboxylic acids is 2. The number of amides is 1. The molecule has 0 aromatic heterocycles. The van der Waals surface area contributed by atoms with Crippen molar-refractivity contribution in [3.8, 4) is 0 Å². The van der Waals surface area contributed by atoms with Gasteiger partial charge in [-0.2, -0.15) is 0 Å². The van der Waals surface area contributed by atoms with Crippen LogP contribution in [0.4, 0.5) is 5.69 Å². The van der Waals surface area contributed by atoms with Crippen molar-refractivity contribution >= 4 is 33.3 Å². The number of anilines is 1. The molecule has 0 saturated carbocycles. The van der Waals surface area contributed by atoms with E-state index in [9.17, 15) is 9.59 Å². The molecule has 0 unspecified atom stereocenters. The molecule has 1 aliphatic heterocycles. The van der Waals surface area contributed by atoms with E-state index in [4.69, 9.17) is 0 Å². The second-order valence-electron chi connectivity index (χ2n) is 3.62. The maximum atomic E-state index is 11.6. The Bertz CT molecular complexity index is 442. The summed E-state index contributed by atoms with van der Waals surface area (Å²) in [5.41, 5.74) is 1.73. The van der Waals surface area contributed by atoms with E-state index in [1.54, 1.807) is 11.9 Å². The number of nitrogens with zero attached hydrogens (tertiary/aromatic N) is 1. The zero-order chi connectivity index (χ0) is 11.0. The van der Waals surface area contributed by atoms with Crippen LogP contribution in [-0.2, 0) is 16.0 Å². The van der Waals surface area contributed by atoms with Gasteiger partial charge in [0.15, 0.2) is 0 Å². The molecule has 0 fully saturated rings. The van der Waals surface area contributed by atoms with Gasteiger partial charge in [-0.1, -0.05) is 15.9 Å². The van der Waals surface area contributed by atoms with E-state index in [1.165, 1.54) is 0 Å². The fraction of sp³-hybridized carbons (Fsp3) is 0.273. The van der Waals surface area contributed by atoms with Crippen LogP contribution in [0.25, 0.3) is 0 Å². The van der Waals surface area contributed by atoms with Crippen molar-refractivity contribution in [3.63, 3.8) is 0 Å². The van der Waals surface area contributed by atoms with Gasteiger partial charge in [0.05, 0.1) is 6.42 Å². The minimum atomic E-state index is -0.138. The van der Waals surface area contributed by atoms with Crippen molar-refractivity contribution in [1.29, 1.82) is 0 Å². The molecule has 0 saturated heterocycles. The minimum absolute atomic E-state index is 0.00278. The number of benzene rings is 1. The summed E-state index contributed by atoms with van der Waals surface area (Å²) in [6.07, 6.45) is 0.341. The maximum absolute atomic E-state index is 11.6. The Morgan fingerprint density at radius 2 is 2.00 bits per heavy atom. The zero-order valence-electron chi connectivity index (χ0n) is 8.29. The highest BCUT2D eigenvalue weighted by Crippen LogP contribution is 2.27. The smallest absolute Gasteiger partial charge is 0.234 e. The van der Waals surface area contributed by atoms with E-state index in [0.717, 1.165) is 15.7 Å². The highest BCUT2D eigenvalue weighted by Gasteiger charge is 2.23. The normalized spacial score (nSPS) is 16.3. The SMILES string of the molecule is CN1C(=O)CC(=O)Cc2cc(Br)ccc21. The monoisotopic (exact) mass is 267 g/mol. The topological polar surface area (TPSA) is 37.4 Å². The van der Waals surface area contributed by atoms with Crippen molar-refractivity contribution in [2.75, 3.05) is 11.9 Å². The van der Waals surface area contributed by atoms with Crippen molar-refractivity contribution in [2.24, 2.45) is 0 Å². The number of fused-ring (bicyclic) bond motifs is 1. The van der Waals surface area contributed by atoms with E-state index in [1.807, 2.05) is 18.2 Å². The van der Waals surface area contributed by atoms with Crippen LogP contribution >= 0.6 is 15.9 Å². The molecular weight excluding hydrogens is 258 g/mol. The van der Waals surface area contributed by atoms with Crippen LogP contribution in [0.5, 0.6) is 0 Å². The van der Waals surface area contributed by atoms with Crippen LogP contribution in [0.15, 0.2) is 22.7 Å². The van der Waals surface area contributed by atoms with Crippen molar-refractivity contribution in [1.82, 2.24) is 0 Å². The molecule has 1 aliphatic rings. The first-order chi connectivity index (χ1) is 7.08. The standard InChI is InChI=1S/C11H10BrNO2/c1-13-10-3-2-8(12)4-7(10)5-9(14)6-11(13)15/h2-4H,5-6H2,1H3. The Morgan fingerprint density at radius 3 is 2.73 bits per heavy atom. The lowest BCUT2D eigenvalue weighted by molar-refractivity contribution is -0.125. The molecule has 2 rings (SSSR count). The number of halogens is 1. The number of ketones is 1. The molecule has 1 aromatic carbocycles. The first kappa shape index (κ1) is 10.4. The molecule has 0 spiro atoms. The van der Waals surface area contributed by atoms with Crippen LogP contribution < -0.4 is 4.90 Å². The Morgan fingerprint density at radius 1 is 1.27 bits per heavy atom. The average molecular weight is 268 g/mol. The average Bonchev–Trinajstić information content (AvgIpc) is 2.25. The first-order valence-corrected chi connectivity index (χ1v) is 5.44. The summed E-state index contributed by atoms with van der Waals surface area (Å²) in [6.45, 7) is 0. The van der Waals surface area contributed by atoms with Gasteiger partial charge in [-0.05, 0) is 23.8 Å². The Labute approximate surface area is 96.2 Å². The van der Waals surface area contributed by atoms with Crippen molar-refractivity contribution in [2.45, 2.75) is 12.8 Å². The van der Waals surface area contributed by atoms with E-state index in [0.29, 0.717) is 6.42 Å². The van der Waals surface area contributed by atoms with Crippen LogP contribution in [0.3, 0.4) is 0 Å². The molecule has 1 amide bonds. The number of Topliss-reactive ketones (excluding diaryl/α,β-unsaturated/α-hetero) is 1. The van der Waals surface area contributed by atoms with Gasteiger partial charge in [0, 0.05) is 23.6 Å². The summed E-state index contributed by atoms with van der Waals surface area (Å²) in [4.78, 5) is 24.6. The lowest BCUT2D eigenvalue weighted by atomic mass is 10.1. The third-order valence-electron chi connectivity index (χ3n) is 2.51. The lowest BCUT2D eigenvalue weighted by Gasteiger charge is -2.16. The fourth-order valence-corrected chi connectivity index (χ4v) is 2.13. The molecule has 0 atom stereocenters. The number of hydrogen-bond donors (Lipinski definition) is 0. The molecule has 4 heteroatoms. The van der Waals surface area contributed by atoms with Crippen molar-refractivity contribution in [3.05, 3.63) is 28.2 Å². The number of carbonyl (C=O) groups is 2.